The Morgan fingerprint density at radius 3 is 2.44 bits per heavy atom. The summed E-state index contributed by atoms with van der Waals surface area (Å²) in [5.41, 5.74) is 5.02. The molecule has 0 aromatic heterocycles. The third-order valence-electron chi connectivity index (χ3n) is 6.06. The Bertz CT molecular complexity index is 604. The number of carbonyl (C=O) groups excluding carboxylic acids is 3. The van der Waals surface area contributed by atoms with Gasteiger partial charge in [0, 0.05) is 12.1 Å². The van der Waals surface area contributed by atoms with Crippen molar-refractivity contribution >= 4 is 30.3 Å². The van der Waals surface area contributed by atoms with E-state index in [4.69, 9.17) is 5.73 Å². The molecule has 2 aliphatic carbocycles. The van der Waals surface area contributed by atoms with Crippen molar-refractivity contribution < 1.29 is 14.4 Å². The lowest BCUT2D eigenvalue weighted by Gasteiger charge is -2.43. The average Bonchev–Trinajstić information content (AvgIpc) is 2.71. The quantitative estimate of drug-likeness (QED) is 0.629. The number of nitrogens with two attached hydrogens (primary N) is 1. The van der Waals surface area contributed by atoms with Crippen LogP contribution in [0.1, 0.15) is 65.7 Å². The zero-order valence-electron chi connectivity index (χ0n) is 16.5. The Morgan fingerprint density at radius 2 is 1.85 bits per heavy atom. The lowest BCUT2D eigenvalue weighted by atomic mass is 9.64. The van der Waals surface area contributed by atoms with Crippen LogP contribution in [0.3, 0.4) is 0 Å². The number of imide groups is 1. The van der Waals surface area contributed by atoms with Crippen LogP contribution >= 0.6 is 12.4 Å². The van der Waals surface area contributed by atoms with E-state index in [1.165, 1.54) is 0 Å². The first-order valence-corrected chi connectivity index (χ1v) is 9.79. The summed E-state index contributed by atoms with van der Waals surface area (Å²) in [6.45, 7) is 6.18. The van der Waals surface area contributed by atoms with Crippen LogP contribution in [-0.4, -0.2) is 46.9 Å². The summed E-state index contributed by atoms with van der Waals surface area (Å²) in [7, 11) is 0. The van der Waals surface area contributed by atoms with E-state index in [-0.39, 0.29) is 48.3 Å². The fraction of sp³-hybridized carbons (Fsp3) is 0.842. The number of carbonyl (C=O) groups is 3. The Balaban J connectivity index is 0.00000261. The van der Waals surface area contributed by atoms with Crippen LogP contribution in [0.2, 0.25) is 0 Å². The molecular weight excluding hydrogens is 368 g/mol. The van der Waals surface area contributed by atoms with Gasteiger partial charge in [-0.2, -0.15) is 0 Å². The molecule has 3 aliphatic rings. The summed E-state index contributed by atoms with van der Waals surface area (Å²) in [6, 6.07) is -0.142. The van der Waals surface area contributed by atoms with Crippen LogP contribution in [0, 0.1) is 11.3 Å². The second-order valence-corrected chi connectivity index (χ2v) is 9.44. The van der Waals surface area contributed by atoms with Crippen molar-refractivity contribution in [3.63, 3.8) is 0 Å². The summed E-state index contributed by atoms with van der Waals surface area (Å²) in [4.78, 5) is 39.0. The molecule has 3 fully saturated rings. The second-order valence-electron chi connectivity index (χ2n) is 9.44. The zero-order valence-corrected chi connectivity index (χ0v) is 17.4. The van der Waals surface area contributed by atoms with E-state index in [9.17, 15) is 14.4 Å². The van der Waals surface area contributed by atoms with E-state index in [2.05, 4.69) is 31.4 Å². The predicted molar refractivity (Wildman–Crippen MR) is 105 cm³/mol. The normalized spacial score (nSPS) is 35.6. The first-order valence-electron chi connectivity index (χ1n) is 9.79. The van der Waals surface area contributed by atoms with E-state index < -0.39 is 11.6 Å². The molecule has 154 valence electrons. The molecule has 8 heteroatoms. The predicted octanol–water partition coefficient (Wildman–Crippen LogP) is 1.93. The maximum Gasteiger partial charge on any atom is 0.325 e. The fourth-order valence-corrected chi connectivity index (χ4v) is 5.33. The number of amides is 4. The van der Waals surface area contributed by atoms with Crippen LogP contribution in [0.5, 0.6) is 0 Å². The monoisotopic (exact) mass is 400 g/mol. The van der Waals surface area contributed by atoms with Gasteiger partial charge in [-0.15, -0.1) is 12.4 Å². The molecule has 1 heterocycles. The molecule has 0 aromatic rings. The summed E-state index contributed by atoms with van der Waals surface area (Å²) >= 11 is 0. The summed E-state index contributed by atoms with van der Waals surface area (Å²) < 4.78 is 0. The van der Waals surface area contributed by atoms with Crippen molar-refractivity contribution in [3.8, 4) is 0 Å². The zero-order chi connectivity index (χ0) is 19.1. The van der Waals surface area contributed by atoms with Gasteiger partial charge in [-0.05, 0) is 56.3 Å². The van der Waals surface area contributed by atoms with Gasteiger partial charge in [0.15, 0.2) is 0 Å². The third kappa shape index (κ3) is 4.74. The van der Waals surface area contributed by atoms with Crippen molar-refractivity contribution in [2.75, 3.05) is 6.54 Å². The topological polar surface area (TPSA) is 105 Å². The van der Waals surface area contributed by atoms with Gasteiger partial charge in [0.25, 0.3) is 5.91 Å². The summed E-state index contributed by atoms with van der Waals surface area (Å²) in [5, 5.41) is 5.87. The minimum Gasteiger partial charge on any atom is -0.352 e. The molecule has 7 nitrogen and oxygen atoms in total. The van der Waals surface area contributed by atoms with Gasteiger partial charge in [0.2, 0.25) is 5.91 Å². The maximum absolute atomic E-state index is 13.0. The van der Waals surface area contributed by atoms with Crippen molar-refractivity contribution in [1.29, 1.82) is 0 Å². The third-order valence-corrected chi connectivity index (χ3v) is 6.06. The molecular formula is C19H33ClN4O3. The van der Waals surface area contributed by atoms with Crippen molar-refractivity contribution in [1.82, 2.24) is 15.5 Å². The molecule has 0 bridgehead atoms. The van der Waals surface area contributed by atoms with Gasteiger partial charge in [0.05, 0.1) is 0 Å². The molecule has 2 unspecified atom stereocenters. The number of urea groups is 1. The Kier molecular flexibility index (Phi) is 6.47. The molecule has 0 radical (unpaired) electrons. The molecule has 1 spiro atoms. The van der Waals surface area contributed by atoms with E-state index in [0.717, 1.165) is 37.0 Å². The van der Waals surface area contributed by atoms with Crippen molar-refractivity contribution in [2.24, 2.45) is 17.1 Å². The van der Waals surface area contributed by atoms with Gasteiger partial charge >= 0.3 is 6.03 Å². The standard InChI is InChI=1S/C19H32N4O3.ClH/c1-12-8-18(2,3)11-19(9-12)16(25)23(17(26)22-19)10-15(24)21-14-6-4-13(20)5-7-14;/h12-14H,4-11,20H2,1-3H3,(H,21,24)(H,22,26);1H. The highest BCUT2D eigenvalue weighted by molar-refractivity contribution is 6.09. The number of rotatable bonds is 3. The Morgan fingerprint density at radius 1 is 1.22 bits per heavy atom. The molecule has 1 aliphatic heterocycles. The molecule has 3 rings (SSSR count). The van der Waals surface area contributed by atoms with E-state index in [1.54, 1.807) is 0 Å². The van der Waals surface area contributed by atoms with Crippen LogP contribution in [0.25, 0.3) is 0 Å². The minimum atomic E-state index is -0.851. The van der Waals surface area contributed by atoms with Crippen molar-refractivity contribution in [3.05, 3.63) is 0 Å². The highest BCUT2D eigenvalue weighted by Crippen LogP contribution is 2.46. The first kappa shape index (κ1) is 22.0. The second kappa shape index (κ2) is 7.95. The lowest BCUT2D eigenvalue weighted by molar-refractivity contribution is -0.137. The maximum atomic E-state index is 13.0. The summed E-state index contributed by atoms with van der Waals surface area (Å²) in [5.74, 6) is -0.166. The minimum absolute atomic E-state index is 0. The first-order chi connectivity index (χ1) is 12.1. The summed E-state index contributed by atoms with van der Waals surface area (Å²) in [6.07, 6.45) is 5.77. The molecule has 2 atom stereocenters. The number of nitrogens with one attached hydrogen (secondary N) is 2. The van der Waals surface area contributed by atoms with Gasteiger partial charge in [-0.25, -0.2) is 4.79 Å². The SMILES string of the molecule is CC1CC(C)(C)CC2(C1)NC(=O)N(CC(=O)NC1CCC(N)CC1)C2=O.Cl. The van der Waals surface area contributed by atoms with Crippen molar-refractivity contribution in [2.45, 2.75) is 83.3 Å². The van der Waals surface area contributed by atoms with Gasteiger partial charge in [0.1, 0.15) is 12.1 Å². The smallest absolute Gasteiger partial charge is 0.325 e. The molecule has 1 saturated heterocycles. The number of nitrogens with zero attached hydrogens (tertiary/aromatic N) is 1. The molecule has 2 saturated carbocycles. The van der Waals surface area contributed by atoms with Gasteiger partial charge in [-0.3, -0.25) is 14.5 Å². The van der Waals surface area contributed by atoms with E-state index in [1.807, 2.05) is 0 Å². The van der Waals surface area contributed by atoms with E-state index in [0.29, 0.717) is 18.8 Å². The van der Waals surface area contributed by atoms with Gasteiger partial charge in [-0.1, -0.05) is 20.8 Å². The molecule has 4 N–H and O–H groups in total. The number of halogens is 1. The van der Waals surface area contributed by atoms with Crippen LogP contribution in [0.4, 0.5) is 4.79 Å². The van der Waals surface area contributed by atoms with Crippen LogP contribution in [0.15, 0.2) is 0 Å². The van der Waals surface area contributed by atoms with E-state index >= 15 is 0 Å². The lowest BCUT2D eigenvalue weighted by Crippen LogP contribution is -2.54. The van der Waals surface area contributed by atoms with Crippen LogP contribution < -0.4 is 16.4 Å². The largest absolute Gasteiger partial charge is 0.352 e. The highest BCUT2D eigenvalue weighted by atomic mass is 35.5. The fourth-order valence-electron chi connectivity index (χ4n) is 5.33. The Labute approximate surface area is 167 Å². The average molecular weight is 401 g/mol. The Hall–Kier alpha value is -1.34. The molecule has 0 aromatic carbocycles. The highest BCUT2D eigenvalue weighted by Gasteiger charge is 2.56. The van der Waals surface area contributed by atoms with Crippen LogP contribution in [-0.2, 0) is 9.59 Å². The number of hydrogen-bond acceptors (Lipinski definition) is 4. The number of hydrogen-bond donors (Lipinski definition) is 3. The van der Waals surface area contributed by atoms with Gasteiger partial charge < -0.3 is 16.4 Å². The molecule has 27 heavy (non-hydrogen) atoms. The molecule has 4 amide bonds.